The summed E-state index contributed by atoms with van der Waals surface area (Å²) in [6.07, 6.45) is 0.249. The van der Waals surface area contributed by atoms with Gasteiger partial charge in [-0.1, -0.05) is 0 Å². The van der Waals surface area contributed by atoms with E-state index in [1.165, 1.54) is 7.05 Å². The Bertz CT molecular complexity index is 172. The average molecular weight is 171 g/mol. The molecule has 0 unspecified atom stereocenters. The van der Waals surface area contributed by atoms with Gasteiger partial charge in [-0.2, -0.15) is 0 Å². The van der Waals surface area contributed by atoms with Crippen LogP contribution in [0.4, 0.5) is 0 Å². The first-order valence-electron chi connectivity index (χ1n) is 4.17. The van der Waals surface area contributed by atoms with E-state index in [-0.39, 0.29) is 18.2 Å². The zero-order valence-electron chi connectivity index (χ0n) is 7.78. The van der Waals surface area contributed by atoms with Gasteiger partial charge in [0.25, 0.3) is 0 Å². The molecule has 0 radical (unpaired) electrons. The van der Waals surface area contributed by atoms with E-state index in [0.29, 0.717) is 13.1 Å². The Hall–Kier alpha value is -0.770. The molecule has 1 rings (SSSR count). The minimum absolute atomic E-state index is 0.124. The molecule has 1 aliphatic heterocycles. The van der Waals surface area contributed by atoms with E-state index < -0.39 is 0 Å². The largest absolute Gasteiger partial charge is 0.846 e. The van der Waals surface area contributed by atoms with Crippen molar-refractivity contribution >= 4 is 6.02 Å². The van der Waals surface area contributed by atoms with Gasteiger partial charge in [0.05, 0.1) is 12.2 Å². The molecule has 12 heavy (non-hydrogen) atoms. The van der Waals surface area contributed by atoms with Crippen LogP contribution in [0.15, 0.2) is 4.99 Å². The van der Waals surface area contributed by atoms with E-state index >= 15 is 0 Å². The lowest BCUT2D eigenvalue weighted by molar-refractivity contribution is -0.241. The summed E-state index contributed by atoms with van der Waals surface area (Å²) in [5, 5.41) is 11.2. The Kier molecular flexibility index (Phi) is 2.92. The number of ether oxygens (including phenoxy) is 1. The molecular weight excluding hydrogens is 156 g/mol. The van der Waals surface area contributed by atoms with Crippen LogP contribution in [0.1, 0.15) is 13.8 Å². The molecular formula is C8H15N2O2-. The molecule has 1 saturated heterocycles. The van der Waals surface area contributed by atoms with Crippen molar-refractivity contribution in [3.63, 3.8) is 0 Å². The maximum absolute atomic E-state index is 11.2. The Labute approximate surface area is 72.9 Å². The third-order valence-corrected chi connectivity index (χ3v) is 1.88. The lowest BCUT2D eigenvalue weighted by Gasteiger charge is -2.39. The lowest BCUT2D eigenvalue weighted by atomic mass is 10.2. The van der Waals surface area contributed by atoms with E-state index in [4.69, 9.17) is 4.74 Å². The van der Waals surface area contributed by atoms with Crippen molar-refractivity contribution in [1.82, 2.24) is 4.90 Å². The number of amidine groups is 1. The van der Waals surface area contributed by atoms with Crippen LogP contribution in [0, 0.1) is 0 Å². The van der Waals surface area contributed by atoms with Crippen molar-refractivity contribution in [3.8, 4) is 0 Å². The van der Waals surface area contributed by atoms with Gasteiger partial charge in [0.15, 0.2) is 0 Å². The van der Waals surface area contributed by atoms with Gasteiger partial charge < -0.3 is 14.7 Å². The number of morpholine rings is 1. The van der Waals surface area contributed by atoms with E-state index in [1.54, 1.807) is 4.90 Å². The lowest BCUT2D eigenvalue weighted by Crippen LogP contribution is -2.52. The Morgan fingerprint density at radius 2 is 1.92 bits per heavy atom. The van der Waals surface area contributed by atoms with Crippen LogP contribution in [-0.4, -0.2) is 43.3 Å². The van der Waals surface area contributed by atoms with Crippen LogP contribution in [0.5, 0.6) is 0 Å². The number of hydrogen-bond donors (Lipinski definition) is 0. The van der Waals surface area contributed by atoms with Gasteiger partial charge in [0, 0.05) is 26.2 Å². The normalized spacial score (nSPS) is 32.2. The van der Waals surface area contributed by atoms with Crippen molar-refractivity contribution in [1.29, 1.82) is 0 Å². The highest BCUT2D eigenvalue weighted by Gasteiger charge is 2.20. The van der Waals surface area contributed by atoms with Gasteiger partial charge in [-0.05, 0) is 13.8 Å². The summed E-state index contributed by atoms with van der Waals surface area (Å²) < 4.78 is 5.48. The minimum Gasteiger partial charge on any atom is -0.846 e. The minimum atomic E-state index is -0.142. The van der Waals surface area contributed by atoms with Crippen molar-refractivity contribution in [2.45, 2.75) is 26.1 Å². The van der Waals surface area contributed by atoms with Crippen molar-refractivity contribution in [2.75, 3.05) is 20.1 Å². The summed E-state index contributed by atoms with van der Waals surface area (Å²) in [6.45, 7) is 5.23. The molecule has 70 valence electrons. The second-order valence-corrected chi connectivity index (χ2v) is 3.17. The van der Waals surface area contributed by atoms with Gasteiger partial charge in [0.1, 0.15) is 0 Å². The highest BCUT2D eigenvalue weighted by atomic mass is 16.5. The summed E-state index contributed by atoms with van der Waals surface area (Å²) in [7, 11) is 1.52. The summed E-state index contributed by atoms with van der Waals surface area (Å²) in [4.78, 5) is 5.33. The molecule has 0 N–H and O–H groups in total. The Balaban J connectivity index is 2.55. The van der Waals surface area contributed by atoms with E-state index in [9.17, 15) is 5.11 Å². The van der Waals surface area contributed by atoms with E-state index in [0.717, 1.165) is 0 Å². The molecule has 0 saturated carbocycles. The number of rotatable bonds is 0. The number of aliphatic imine (C=N–C) groups is 1. The predicted molar refractivity (Wildman–Crippen MR) is 44.9 cm³/mol. The third kappa shape index (κ3) is 2.11. The smallest absolute Gasteiger partial charge is 0.0726 e. The monoisotopic (exact) mass is 171 g/mol. The Morgan fingerprint density at radius 1 is 1.42 bits per heavy atom. The summed E-state index contributed by atoms with van der Waals surface area (Å²) in [6, 6.07) is -0.142. The zero-order valence-corrected chi connectivity index (χ0v) is 7.78. The quantitative estimate of drug-likeness (QED) is 0.362. The van der Waals surface area contributed by atoms with Gasteiger partial charge in [-0.25, -0.2) is 0 Å². The van der Waals surface area contributed by atoms with Gasteiger partial charge in [-0.3, -0.25) is 4.99 Å². The molecule has 4 heteroatoms. The molecule has 0 aliphatic carbocycles. The molecule has 0 aromatic carbocycles. The number of nitrogens with zero attached hydrogens (tertiary/aromatic N) is 2. The van der Waals surface area contributed by atoms with Crippen molar-refractivity contribution in [2.24, 2.45) is 4.99 Å². The van der Waals surface area contributed by atoms with Gasteiger partial charge in [-0.15, -0.1) is 0 Å². The molecule has 0 aromatic rings. The van der Waals surface area contributed by atoms with E-state index in [2.05, 4.69) is 4.99 Å². The molecule has 0 bridgehead atoms. The van der Waals surface area contributed by atoms with Crippen LogP contribution >= 0.6 is 0 Å². The molecule has 0 aromatic heterocycles. The molecule has 2 atom stereocenters. The second-order valence-electron chi connectivity index (χ2n) is 3.17. The van der Waals surface area contributed by atoms with Gasteiger partial charge >= 0.3 is 0 Å². The van der Waals surface area contributed by atoms with Gasteiger partial charge in [0.2, 0.25) is 0 Å². The fourth-order valence-electron chi connectivity index (χ4n) is 1.48. The first-order chi connectivity index (χ1) is 5.63. The standard InChI is InChI=1S/C8H16N2O2/c1-6-4-10(8(11)9-3)5-7(2)12-6/h6-7H,4-5H2,1-3H3,(H,9,11)/p-1/t6-,7+. The molecule has 1 heterocycles. The van der Waals surface area contributed by atoms with Crippen LogP contribution < -0.4 is 5.11 Å². The average Bonchev–Trinajstić information content (AvgIpc) is 2.01. The van der Waals surface area contributed by atoms with E-state index in [1.807, 2.05) is 13.8 Å². The van der Waals surface area contributed by atoms with Crippen LogP contribution in [0.2, 0.25) is 0 Å². The summed E-state index contributed by atoms with van der Waals surface area (Å²) in [5.74, 6) is 0. The maximum Gasteiger partial charge on any atom is 0.0726 e. The predicted octanol–water partition coefficient (Wildman–Crippen LogP) is -0.558. The fourth-order valence-corrected chi connectivity index (χ4v) is 1.48. The molecule has 4 nitrogen and oxygen atoms in total. The molecule has 0 amide bonds. The van der Waals surface area contributed by atoms with Crippen molar-refractivity contribution in [3.05, 3.63) is 0 Å². The summed E-state index contributed by atoms with van der Waals surface area (Å²) in [5.41, 5.74) is 0. The first kappa shape index (κ1) is 9.32. The molecule has 1 fully saturated rings. The van der Waals surface area contributed by atoms with Crippen LogP contribution in [0.3, 0.4) is 0 Å². The highest BCUT2D eigenvalue weighted by molar-refractivity contribution is 5.69. The second kappa shape index (κ2) is 3.76. The topological polar surface area (TPSA) is 47.9 Å². The molecule has 1 aliphatic rings. The zero-order chi connectivity index (χ0) is 9.14. The third-order valence-electron chi connectivity index (χ3n) is 1.88. The summed E-state index contributed by atoms with van der Waals surface area (Å²) >= 11 is 0. The number of hydrogen-bond acceptors (Lipinski definition) is 3. The SMILES string of the molecule is CN=C([O-])N1C[C@@H](C)O[C@@H](C)C1. The Morgan fingerprint density at radius 3 is 2.33 bits per heavy atom. The van der Waals surface area contributed by atoms with Crippen LogP contribution in [0.25, 0.3) is 0 Å². The van der Waals surface area contributed by atoms with Crippen molar-refractivity contribution < 1.29 is 9.84 Å². The molecule has 0 spiro atoms. The van der Waals surface area contributed by atoms with Crippen LogP contribution in [-0.2, 0) is 4.74 Å². The highest BCUT2D eigenvalue weighted by Crippen LogP contribution is 2.09. The first-order valence-corrected chi connectivity index (χ1v) is 4.17. The fraction of sp³-hybridized carbons (Fsp3) is 0.875. The maximum atomic E-state index is 11.2.